The van der Waals surface area contributed by atoms with Gasteiger partial charge in [-0.1, -0.05) is 44.2 Å². The van der Waals surface area contributed by atoms with Gasteiger partial charge in [0.1, 0.15) is 0 Å². The molecule has 0 amide bonds. The minimum atomic E-state index is -0.295. The highest BCUT2D eigenvalue weighted by molar-refractivity contribution is 5.86. The van der Waals surface area contributed by atoms with Crippen LogP contribution in [0.2, 0.25) is 0 Å². The molecule has 0 aromatic heterocycles. The van der Waals surface area contributed by atoms with Crippen LogP contribution in [0.15, 0.2) is 36.4 Å². The van der Waals surface area contributed by atoms with Crippen LogP contribution in [0.4, 0.5) is 0 Å². The lowest BCUT2D eigenvalue weighted by Crippen LogP contribution is -2.07. The minimum absolute atomic E-state index is 0.295. The molecule has 0 fully saturated rings. The Morgan fingerprint density at radius 3 is 2.39 bits per heavy atom. The van der Waals surface area contributed by atoms with Crippen LogP contribution in [0.5, 0.6) is 0 Å². The van der Waals surface area contributed by atoms with E-state index in [1.807, 2.05) is 0 Å². The molecule has 0 saturated heterocycles. The summed E-state index contributed by atoms with van der Waals surface area (Å²) in [6.07, 6.45) is 4.09. The van der Waals surface area contributed by atoms with Gasteiger partial charge < -0.3 is 4.74 Å². The second-order valence-corrected chi connectivity index (χ2v) is 4.54. The van der Waals surface area contributed by atoms with E-state index in [0.717, 1.165) is 25.7 Å². The minimum Gasteiger partial charge on any atom is -0.462 e. The Morgan fingerprint density at radius 1 is 1.22 bits per heavy atom. The summed E-state index contributed by atoms with van der Waals surface area (Å²) >= 11 is 0. The van der Waals surface area contributed by atoms with Crippen molar-refractivity contribution in [2.75, 3.05) is 6.61 Å². The van der Waals surface area contributed by atoms with Gasteiger partial charge in [0.25, 0.3) is 0 Å². The summed E-state index contributed by atoms with van der Waals surface area (Å²) < 4.78 is 5.09. The molecule has 2 nitrogen and oxygen atoms in total. The lowest BCUT2D eigenvalue weighted by atomic mass is 10.00. The number of aryl methyl sites for hydroxylation is 2. The van der Waals surface area contributed by atoms with Gasteiger partial charge in [-0.25, -0.2) is 4.79 Å². The van der Waals surface area contributed by atoms with Crippen LogP contribution in [0.25, 0.3) is 0 Å². The molecule has 0 aliphatic carbocycles. The number of benzene rings is 1. The van der Waals surface area contributed by atoms with Crippen molar-refractivity contribution >= 4 is 5.97 Å². The second-order valence-electron chi connectivity index (χ2n) is 4.54. The van der Waals surface area contributed by atoms with E-state index in [0.29, 0.717) is 12.2 Å². The third-order valence-corrected chi connectivity index (χ3v) is 2.81. The summed E-state index contributed by atoms with van der Waals surface area (Å²) in [6, 6.07) is 8.48. The number of ether oxygens (including phenoxy) is 1. The van der Waals surface area contributed by atoms with E-state index >= 15 is 0 Å². The van der Waals surface area contributed by atoms with Gasteiger partial charge in [0.05, 0.1) is 6.61 Å². The summed E-state index contributed by atoms with van der Waals surface area (Å²) in [5.74, 6) is -0.295. The summed E-state index contributed by atoms with van der Waals surface area (Å²) in [4.78, 5) is 11.2. The number of carbonyl (C=O) groups is 1. The van der Waals surface area contributed by atoms with Crippen molar-refractivity contribution < 1.29 is 9.53 Å². The van der Waals surface area contributed by atoms with Crippen LogP contribution >= 0.6 is 0 Å². The summed E-state index contributed by atoms with van der Waals surface area (Å²) in [6.45, 7) is 7.87. The molecule has 0 saturated carbocycles. The standard InChI is InChI=1S/C16H22O2/c1-4-8-14-9-5-6-10-15(14)11-7-12-18-16(17)13(2)3/h5-6,9-10H,2,4,7-8,11-12H2,1,3H3. The zero-order valence-corrected chi connectivity index (χ0v) is 11.4. The molecule has 0 unspecified atom stereocenters. The van der Waals surface area contributed by atoms with Crippen LogP contribution in [-0.2, 0) is 22.4 Å². The molecule has 2 heteroatoms. The highest BCUT2D eigenvalue weighted by Gasteiger charge is 2.04. The maximum Gasteiger partial charge on any atom is 0.333 e. The molecular weight excluding hydrogens is 224 g/mol. The topological polar surface area (TPSA) is 26.3 Å². The highest BCUT2D eigenvalue weighted by Crippen LogP contribution is 2.13. The van der Waals surface area contributed by atoms with Crippen LogP contribution in [-0.4, -0.2) is 12.6 Å². The van der Waals surface area contributed by atoms with Gasteiger partial charge in [-0.3, -0.25) is 0 Å². The molecule has 1 aromatic carbocycles. The highest BCUT2D eigenvalue weighted by atomic mass is 16.5. The molecule has 0 heterocycles. The van der Waals surface area contributed by atoms with E-state index in [2.05, 4.69) is 37.8 Å². The van der Waals surface area contributed by atoms with Crippen molar-refractivity contribution in [1.82, 2.24) is 0 Å². The largest absolute Gasteiger partial charge is 0.462 e. The second kappa shape index (κ2) is 7.70. The van der Waals surface area contributed by atoms with E-state index in [9.17, 15) is 4.79 Å². The molecule has 0 aliphatic rings. The predicted octanol–water partition coefficient (Wildman–Crippen LogP) is 3.69. The fourth-order valence-corrected chi connectivity index (χ4v) is 1.87. The molecule has 0 N–H and O–H groups in total. The van der Waals surface area contributed by atoms with Crippen molar-refractivity contribution in [3.05, 3.63) is 47.5 Å². The van der Waals surface area contributed by atoms with Gasteiger partial charge in [0, 0.05) is 5.57 Å². The van der Waals surface area contributed by atoms with E-state index in [1.165, 1.54) is 11.1 Å². The Morgan fingerprint density at radius 2 is 1.83 bits per heavy atom. The van der Waals surface area contributed by atoms with Crippen molar-refractivity contribution in [2.24, 2.45) is 0 Å². The van der Waals surface area contributed by atoms with Crippen LogP contribution in [0.3, 0.4) is 0 Å². The molecule has 1 rings (SSSR count). The molecule has 98 valence electrons. The van der Waals surface area contributed by atoms with Gasteiger partial charge in [-0.05, 0) is 37.3 Å². The molecule has 18 heavy (non-hydrogen) atoms. The molecule has 0 radical (unpaired) electrons. The fraction of sp³-hybridized carbons (Fsp3) is 0.438. The van der Waals surface area contributed by atoms with Crippen molar-refractivity contribution in [3.8, 4) is 0 Å². The maximum atomic E-state index is 11.2. The number of esters is 1. The Labute approximate surface area is 110 Å². The lowest BCUT2D eigenvalue weighted by molar-refractivity contribution is -0.139. The monoisotopic (exact) mass is 246 g/mol. The zero-order chi connectivity index (χ0) is 13.4. The molecule has 0 spiro atoms. The fourth-order valence-electron chi connectivity index (χ4n) is 1.87. The third-order valence-electron chi connectivity index (χ3n) is 2.81. The number of hydrogen-bond acceptors (Lipinski definition) is 2. The first kappa shape index (κ1) is 14.5. The maximum absolute atomic E-state index is 11.2. The summed E-state index contributed by atoms with van der Waals surface area (Å²) in [5.41, 5.74) is 3.23. The van der Waals surface area contributed by atoms with Crippen LogP contribution < -0.4 is 0 Å². The van der Waals surface area contributed by atoms with Crippen molar-refractivity contribution in [2.45, 2.75) is 39.5 Å². The quantitative estimate of drug-likeness (QED) is 0.416. The van der Waals surface area contributed by atoms with Gasteiger partial charge in [-0.15, -0.1) is 0 Å². The Bertz CT molecular complexity index is 407. The lowest BCUT2D eigenvalue weighted by Gasteiger charge is -2.09. The zero-order valence-electron chi connectivity index (χ0n) is 11.4. The Balaban J connectivity index is 2.39. The van der Waals surface area contributed by atoms with E-state index in [4.69, 9.17) is 4.74 Å². The van der Waals surface area contributed by atoms with Gasteiger partial charge >= 0.3 is 5.97 Å². The number of rotatable bonds is 7. The number of hydrogen-bond donors (Lipinski definition) is 0. The SMILES string of the molecule is C=C(C)C(=O)OCCCc1ccccc1CCC. The molecular formula is C16H22O2. The smallest absolute Gasteiger partial charge is 0.333 e. The van der Waals surface area contributed by atoms with Gasteiger partial charge in [0.15, 0.2) is 0 Å². The Kier molecular flexibility index (Phi) is 6.20. The summed E-state index contributed by atoms with van der Waals surface area (Å²) in [5, 5.41) is 0. The van der Waals surface area contributed by atoms with Crippen LogP contribution in [0.1, 0.15) is 37.8 Å². The van der Waals surface area contributed by atoms with Gasteiger partial charge in [0.2, 0.25) is 0 Å². The molecule has 1 aromatic rings. The first-order valence-electron chi connectivity index (χ1n) is 6.54. The third kappa shape index (κ3) is 4.74. The molecule has 0 atom stereocenters. The summed E-state index contributed by atoms with van der Waals surface area (Å²) in [7, 11) is 0. The molecule has 0 bridgehead atoms. The van der Waals surface area contributed by atoms with Crippen molar-refractivity contribution in [1.29, 1.82) is 0 Å². The van der Waals surface area contributed by atoms with E-state index < -0.39 is 0 Å². The average Bonchev–Trinajstić information content (AvgIpc) is 2.36. The normalized spacial score (nSPS) is 10.1. The van der Waals surface area contributed by atoms with E-state index in [1.54, 1.807) is 6.92 Å². The first-order chi connectivity index (χ1) is 8.65. The van der Waals surface area contributed by atoms with E-state index in [-0.39, 0.29) is 5.97 Å². The number of carbonyl (C=O) groups excluding carboxylic acids is 1. The molecule has 0 aliphatic heterocycles. The van der Waals surface area contributed by atoms with Crippen LogP contribution in [0, 0.1) is 0 Å². The predicted molar refractivity (Wildman–Crippen MR) is 74.5 cm³/mol. The Hall–Kier alpha value is -1.57. The van der Waals surface area contributed by atoms with Gasteiger partial charge in [-0.2, -0.15) is 0 Å². The first-order valence-corrected chi connectivity index (χ1v) is 6.54. The average molecular weight is 246 g/mol. The van der Waals surface area contributed by atoms with Crippen molar-refractivity contribution in [3.63, 3.8) is 0 Å².